The first-order valence-corrected chi connectivity index (χ1v) is 11.8. The van der Waals surface area contributed by atoms with Crippen molar-refractivity contribution in [1.82, 2.24) is 4.23 Å². The number of carbonyl (C=O) groups excluding carboxylic acids is 1. The summed E-state index contributed by atoms with van der Waals surface area (Å²) in [7, 11) is -2.04. The monoisotopic (exact) mass is 377 g/mol. The average Bonchev–Trinajstić information content (AvgIpc) is 2.85. The fourth-order valence-electron chi connectivity index (χ4n) is 4.93. The normalized spacial score (nSPS) is 12.6. The SMILES string of the molecule is CCOC(=O)Cc1cn([Si](C(C)C)(C(C)C)C(C)C)c2cc(F)ccc12. The van der Waals surface area contributed by atoms with Gasteiger partial charge in [-0.25, -0.2) is 4.39 Å². The predicted molar refractivity (Wildman–Crippen MR) is 109 cm³/mol. The summed E-state index contributed by atoms with van der Waals surface area (Å²) in [4.78, 5) is 12.1. The van der Waals surface area contributed by atoms with Crippen molar-refractivity contribution >= 4 is 25.1 Å². The second-order valence-corrected chi connectivity index (χ2v) is 13.7. The van der Waals surface area contributed by atoms with Crippen LogP contribution in [0.5, 0.6) is 0 Å². The summed E-state index contributed by atoms with van der Waals surface area (Å²) < 4.78 is 21.6. The lowest BCUT2D eigenvalue weighted by molar-refractivity contribution is -0.142. The third-order valence-electron chi connectivity index (χ3n) is 5.68. The molecule has 0 saturated carbocycles. The number of carbonyl (C=O) groups is 1. The molecular formula is C21H32FNO2Si. The van der Waals surface area contributed by atoms with Crippen LogP contribution >= 0.6 is 0 Å². The molecular weight excluding hydrogens is 345 g/mol. The van der Waals surface area contributed by atoms with Gasteiger partial charge in [0.15, 0.2) is 8.24 Å². The molecule has 0 radical (unpaired) electrons. The lowest BCUT2D eigenvalue weighted by atomic mass is 10.1. The Hall–Kier alpha value is -1.62. The molecule has 26 heavy (non-hydrogen) atoms. The van der Waals surface area contributed by atoms with Gasteiger partial charge in [0.25, 0.3) is 0 Å². The second-order valence-electron chi connectivity index (χ2n) is 8.02. The van der Waals surface area contributed by atoms with E-state index in [-0.39, 0.29) is 18.2 Å². The Morgan fingerprint density at radius 2 is 1.69 bits per heavy atom. The second kappa shape index (κ2) is 7.95. The molecule has 0 spiro atoms. The zero-order valence-electron chi connectivity index (χ0n) is 17.1. The van der Waals surface area contributed by atoms with Gasteiger partial charge in [-0.3, -0.25) is 4.79 Å². The zero-order chi connectivity index (χ0) is 19.6. The van der Waals surface area contributed by atoms with Crippen LogP contribution in [0.25, 0.3) is 10.9 Å². The van der Waals surface area contributed by atoms with E-state index in [2.05, 4.69) is 52.0 Å². The number of hydrogen-bond acceptors (Lipinski definition) is 2. The Bertz CT molecular complexity index is 758. The highest BCUT2D eigenvalue weighted by molar-refractivity contribution is 6.82. The Morgan fingerprint density at radius 3 is 2.19 bits per heavy atom. The summed E-state index contributed by atoms with van der Waals surface area (Å²) in [5, 5.41) is 0.957. The summed E-state index contributed by atoms with van der Waals surface area (Å²) in [5.74, 6) is -0.472. The van der Waals surface area contributed by atoms with Crippen LogP contribution in [0, 0.1) is 5.82 Å². The van der Waals surface area contributed by atoms with Gasteiger partial charge >= 0.3 is 5.97 Å². The Kier molecular flexibility index (Phi) is 6.32. The van der Waals surface area contributed by atoms with Crippen molar-refractivity contribution in [3.05, 3.63) is 35.8 Å². The number of fused-ring (bicyclic) bond motifs is 1. The predicted octanol–water partition coefficient (Wildman–Crippen LogP) is 5.91. The van der Waals surface area contributed by atoms with Gasteiger partial charge in [0.05, 0.1) is 13.0 Å². The van der Waals surface area contributed by atoms with E-state index in [0.717, 1.165) is 16.5 Å². The van der Waals surface area contributed by atoms with Gasteiger partial charge in [0.2, 0.25) is 0 Å². The topological polar surface area (TPSA) is 31.2 Å². The third-order valence-corrected chi connectivity index (χ3v) is 12.4. The largest absolute Gasteiger partial charge is 0.466 e. The quantitative estimate of drug-likeness (QED) is 0.444. The molecule has 0 fully saturated rings. The third kappa shape index (κ3) is 3.46. The Labute approximate surface area is 157 Å². The molecule has 0 amide bonds. The van der Waals surface area contributed by atoms with Crippen LogP contribution in [0.15, 0.2) is 24.4 Å². The summed E-state index contributed by atoms with van der Waals surface area (Å²) in [6.45, 7) is 15.9. The molecule has 0 aliphatic rings. The maximum atomic E-state index is 14.1. The van der Waals surface area contributed by atoms with Crippen molar-refractivity contribution in [3.8, 4) is 0 Å². The summed E-state index contributed by atoms with van der Waals surface area (Å²) in [5.41, 5.74) is 3.29. The van der Waals surface area contributed by atoms with Crippen molar-refractivity contribution < 1.29 is 13.9 Å². The van der Waals surface area contributed by atoms with Gasteiger partial charge in [0, 0.05) is 17.1 Å². The Morgan fingerprint density at radius 1 is 1.12 bits per heavy atom. The number of benzene rings is 1. The van der Waals surface area contributed by atoms with E-state index in [9.17, 15) is 9.18 Å². The highest BCUT2D eigenvalue weighted by atomic mass is 28.3. The fraction of sp³-hybridized carbons (Fsp3) is 0.571. The molecule has 1 aromatic carbocycles. The van der Waals surface area contributed by atoms with Gasteiger partial charge in [0.1, 0.15) is 5.82 Å². The molecule has 1 heterocycles. The van der Waals surface area contributed by atoms with Crippen molar-refractivity contribution in [3.63, 3.8) is 0 Å². The molecule has 0 aliphatic carbocycles. The van der Waals surface area contributed by atoms with Gasteiger partial charge < -0.3 is 8.97 Å². The number of esters is 1. The van der Waals surface area contributed by atoms with E-state index in [1.807, 2.05) is 6.92 Å². The van der Waals surface area contributed by atoms with Gasteiger partial charge in [-0.1, -0.05) is 41.5 Å². The molecule has 0 N–H and O–H groups in total. The van der Waals surface area contributed by atoms with Crippen LogP contribution in [0.2, 0.25) is 16.6 Å². The van der Waals surface area contributed by atoms with Gasteiger partial charge in [-0.15, -0.1) is 0 Å². The van der Waals surface area contributed by atoms with E-state index >= 15 is 0 Å². The van der Waals surface area contributed by atoms with Crippen LogP contribution in [-0.2, 0) is 16.0 Å². The minimum atomic E-state index is -2.04. The van der Waals surface area contributed by atoms with E-state index < -0.39 is 8.24 Å². The van der Waals surface area contributed by atoms with Crippen LogP contribution < -0.4 is 0 Å². The highest BCUT2D eigenvalue weighted by Gasteiger charge is 2.46. The van der Waals surface area contributed by atoms with Crippen LogP contribution in [0.1, 0.15) is 54.0 Å². The molecule has 0 bridgehead atoms. The van der Waals surface area contributed by atoms with E-state index in [1.165, 1.54) is 6.07 Å². The maximum absolute atomic E-state index is 14.1. The number of ether oxygens (including phenoxy) is 1. The molecule has 1 aromatic heterocycles. The number of nitrogens with zero attached hydrogens (tertiary/aromatic N) is 1. The molecule has 3 nitrogen and oxygen atoms in total. The van der Waals surface area contributed by atoms with Crippen LogP contribution in [-0.4, -0.2) is 25.0 Å². The Balaban J connectivity index is 2.76. The van der Waals surface area contributed by atoms with Crippen LogP contribution in [0.4, 0.5) is 4.39 Å². The standard InChI is InChI=1S/C21H32FNO2Si/c1-8-25-21(24)11-17-13-23(20-12-18(22)9-10-19(17)20)26(14(2)3,15(4)5)16(6)7/h9-10,12-16H,8,11H2,1-7H3. The molecule has 0 aliphatic heterocycles. The van der Waals surface area contributed by atoms with Crippen molar-refractivity contribution in [2.75, 3.05) is 6.61 Å². The molecule has 2 rings (SSSR count). The molecule has 144 valence electrons. The zero-order valence-corrected chi connectivity index (χ0v) is 18.1. The molecule has 2 aromatic rings. The number of hydrogen-bond donors (Lipinski definition) is 0. The van der Waals surface area contributed by atoms with E-state index in [4.69, 9.17) is 4.74 Å². The lowest BCUT2D eigenvalue weighted by Crippen LogP contribution is -2.51. The van der Waals surface area contributed by atoms with Crippen LogP contribution in [0.3, 0.4) is 0 Å². The minimum absolute atomic E-state index is 0.224. The molecule has 0 saturated heterocycles. The van der Waals surface area contributed by atoms with Crippen molar-refractivity contribution in [2.24, 2.45) is 0 Å². The van der Waals surface area contributed by atoms with Gasteiger partial charge in [-0.2, -0.15) is 0 Å². The average molecular weight is 378 g/mol. The number of aromatic nitrogens is 1. The first-order valence-electron chi connectivity index (χ1n) is 9.61. The summed E-state index contributed by atoms with van der Waals surface area (Å²) in [6, 6.07) is 4.90. The molecule has 0 atom stereocenters. The summed E-state index contributed by atoms with van der Waals surface area (Å²) in [6.07, 6.45) is 2.33. The highest BCUT2D eigenvalue weighted by Crippen LogP contribution is 2.45. The smallest absolute Gasteiger partial charge is 0.310 e. The van der Waals surface area contributed by atoms with Gasteiger partial charge in [-0.05, 0) is 47.3 Å². The maximum Gasteiger partial charge on any atom is 0.310 e. The van der Waals surface area contributed by atoms with Crippen molar-refractivity contribution in [1.29, 1.82) is 0 Å². The number of rotatable bonds is 7. The fourth-order valence-corrected chi connectivity index (χ4v) is 11.6. The molecule has 0 unspecified atom stereocenters. The first-order chi connectivity index (χ1) is 12.2. The first kappa shape index (κ1) is 20.7. The van der Waals surface area contributed by atoms with Crippen molar-refractivity contribution in [2.45, 2.75) is 71.5 Å². The van der Waals surface area contributed by atoms with E-state index in [1.54, 1.807) is 12.1 Å². The number of halogens is 1. The summed E-state index contributed by atoms with van der Waals surface area (Å²) >= 11 is 0. The lowest BCUT2D eigenvalue weighted by Gasteiger charge is -2.44. The minimum Gasteiger partial charge on any atom is -0.466 e. The molecule has 5 heteroatoms. The van der Waals surface area contributed by atoms with E-state index in [0.29, 0.717) is 23.2 Å².